The van der Waals surface area contributed by atoms with Crippen LogP contribution in [0.25, 0.3) is 16.9 Å². The SMILES string of the molecule is NCc1nc(-c2ccccc2Cl)c2ncccn12. The van der Waals surface area contributed by atoms with Crippen LogP contribution in [-0.4, -0.2) is 14.4 Å². The fraction of sp³-hybridized carbons (Fsp3) is 0.0769. The summed E-state index contributed by atoms with van der Waals surface area (Å²) in [7, 11) is 0. The summed E-state index contributed by atoms with van der Waals surface area (Å²) < 4.78 is 1.89. The van der Waals surface area contributed by atoms with Gasteiger partial charge < -0.3 is 5.73 Å². The van der Waals surface area contributed by atoms with Crippen molar-refractivity contribution in [3.8, 4) is 11.3 Å². The van der Waals surface area contributed by atoms with Gasteiger partial charge in [0.25, 0.3) is 0 Å². The third-order valence-electron chi connectivity index (χ3n) is 2.79. The first kappa shape index (κ1) is 11.2. The molecule has 0 bridgehead atoms. The number of aromatic nitrogens is 3. The predicted octanol–water partition coefficient (Wildman–Crippen LogP) is 2.51. The van der Waals surface area contributed by atoms with Gasteiger partial charge in [0.15, 0.2) is 5.65 Å². The number of nitrogens with two attached hydrogens (primary N) is 1. The van der Waals surface area contributed by atoms with Crippen LogP contribution < -0.4 is 5.73 Å². The highest BCUT2D eigenvalue weighted by atomic mass is 35.5. The molecule has 2 N–H and O–H groups in total. The molecular weight excluding hydrogens is 248 g/mol. The van der Waals surface area contributed by atoms with Crippen LogP contribution in [0.4, 0.5) is 0 Å². The summed E-state index contributed by atoms with van der Waals surface area (Å²) in [6.07, 6.45) is 3.63. The Morgan fingerprint density at radius 2 is 2.06 bits per heavy atom. The Balaban J connectivity index is 2.33. The van der Waals surface area contributed by atoms with E-state index in [0.717, 1.165) is 22.7 Å². The second kappa shape index (κ2) is 4.40. The zero-order valence-electron chi connectivity index (χ0n) is 9.55. The van der Waals surface area contributed by atoms with Gasteiger partial charge in [0, 0.05) is 18.0 Å². The average Bonchev–Trinajstić information content (AvgIpc) is 2.78. The Bertz CT molecular complexity index is 705. The molecule has 5 heteroatoms. The number of rotatable bonds is 2. The fourth-order valence-electron chi connectivity index (χ4n) is 1.97. The molecule has 0 aliphatic heterocycles. The Labute approximate surface area is 109 Å². The standard InChI is InChI=1S/C13H11ClN4/c14-10-5-2-1-4-9(10)12-13-16-6-3-7-18(13)11(8-15)17-12/h1-7H,8,15H2. The molecule has 0 saturated carbocycles. The maximum atomic E-state index is 6.20. The number of hydrogen-bond donors (Lipinski definition) is 1. The molecule has 2 aromatic heterocycles. The van der Waals surface area contributed by atoms with Gasteiger partial charge in [0.1, 0.15) is 11.5 Å². The lowest BCUT2D eigenvalue weighted by Gasteiger charge is -2.00. The molecule has 18 heavy (non-hydrogen) atoms. The third-order valence-corrected chi connectivity index (χ3v) is 3.12. The van der Waals surface area contributed by atoms with Gasteiger partial charge in [-0.25, -0.2) is 9.97 Å². The summed E-state index contributed by atoms with van der Waals surface area (Å²) in [6.45, 7) is 0.358. The molecule has 0 radical (unpaired) electrons. The normalized spacial score (nSPS) is 11.0. The van der Waals surface area contributed by atoms with Crippen molar-refractivity contribution in [1.29, 1.82) is 0 Å². The van der Waals surface area contributed by atoms with Crippen LogP contribution in [0.5, 0.6) is 0 Å². The smallest absolute Gasteiger partial charge is 0.164 e. The van der Waals surface area contributed by atoms with Crippen molar-refractivity contribution in [2.45, 2.75) is 6.54 Å². The molecule has 2 heterocycles. The molecule has 0 fully saturated rings. The minimum Gasteiger partial charge on any atom is -0.324 e. The van der Waals surface area contributed by atoms with Crippen molar-refractivity contribution in [3.63, 3.8) is 0 Å². The van der Waals surface area contributed by atoms with Gasteiger partial charge in [-0.15, -0.1) is 0 Å². The highest BCUT2D eigenvalue weighted by Gasteiger charge is 2.14. The molecule has 3 aromatic rings. The second-order valence-electron chi connectivity index (χ2n) is 3.87. The number of imidazole rings is 1. The first-order valence-electron chi connectivity index (χ1n) is 5.58. The van der Waals surface area contributed by atoms with E-state index in [1.54, 1.807) is 6.20 Å². The largest absolute Gasteiger partial charge is 0.324 e. The number of hydrogen-bond acceptors (Lipinski definition) is 3. The van der Waals surface area contributed by atoms with E-state index >= 15 is 0 Å². The van der Waals surface area contributed by atoms with E-state index in [2.05, 4.69) is 9.97 Å². The average molecular weight is 259 g/mol. The molecule has 90 valence electrons. The fourth-order valence-corrected chi connectivity index (χ4v) is 2.19. The molecule has 1 aromatic carbocycles. The van der Waals surface area contributed by atoms with Crippen molar-refractivity contribution in [1.82, 2.24) is 14.4 Å². The van der Waals surface area contributed by atoms with Crippen molar-refractivity contribution in [2.24, 2.45) is 5.73 Å². The minimum absolute atomic E-state index is 0.358. The summed E-state index contributed by atoms with van der Waals surface area (Å²) in [5.74, 6) is 0.771. The lowest BCUT2D eigenvalue weighted by Crippen LogP contribution is -2.02. The predicted molar refractivity (Wildman–Crippen MR) is 71.3 cm³/mol. The zero-order valence-corrected chi connectivity index (χ0v) is 10.3. The lowest BCUT2D eigenvalue weighted by molar-refractivity contribution is 0.897. The van der Waals surface area contributed by atoms with Crippen LogP contribution >= 0.6 is 11.6 Å². The Kier molecular flexibility index (Phi) is 2.74. The summed E-state index contributed by atoms with van der Waals surface area (Å²) >= 11 is 6.20. The van der Waals surface area contributed by atoms with E-state index in [-0.39, 0.29) is 0 Å². The summed E-state index contributed by atoms with van der Waals surface area (Å²) in [5, 5.41) is 0.659. The molecule has 3 rings (SSSR count). The summed E-state index contributed by atoms with van der Waals surface area (Å²) in [6, 6.07) is 9.44. The van der Waals surface area contributed by atoms with Crippen molar-refractivity contribution < 1.29 is 0 Å². The van der Waals surface area contributed by atoms with Crippen LogP contribution in [-0.2, 0) is 6.54 Å². The summed E-state index contributed by atoms with van der Waals surface area (Å²) in [5.41, 5.74) is 8.11. The number of fused-ring (bicyclic) bond motifs is 1. The van der Waals surface area contributed by atoms with Crippen LogP contribution in [0.1, 0.15) is 5.82 Å². The highest BCUT2D eigenvalue weighted by Crippen LogP contribution is 2.29. The van der Waals surface area contributed by atoms with E-state index in [9.17, 15) is 0 Å². The van der Waals surface area contributed by atoms with Gasteiger partial charge in [0.2, 0.25) is 0 Å². The van der Waals surface area contributed by atoms with Crippen LogP contribution in [0, 0.1) is 0 Å². The van der Waals surface area contributed by atoms with Crippen molar-refractivity contribution >= 4 is 17.2 Å². The Hall–Kier alpha value is -1.91. The molecule has 0 spiro atoms. The van der Waals surface area contributed by atoms with E-state index in [1.165, 1.54) is 0 Å². The number of benzene rings is 1. The topological polar surface area (TPSA) is 56.2 Å². The number of nitrogens with zero attached hydrogens (tertiary/aromatic N) is 3. The molecule has 0 amide bonds. The molecule has 0 aliphatic rings. The van der Waals surface area contributed by atoms with Crippen LogP contribution in [0.2, 0.25) is 5.02 Å². The summed E-state index contributed by atoms with van der Waals surface area (Å²) in [4.78, 5) is 8.88. The second-order valence-corrected chi connectivity index (χ2v) is 4.28. The van der Waals surface area contributed by atoms with Crippen molar-refractivity contribution in [3.05, 3.63) is 53.6 Å². The van der Waals surface area contributed by atoms with E-state index in [4.69, 9.17) is 17.3 Å². The lowest BCUT2D eigenvalue weighted by atomic mass is 10.1. The maximum absolute atomic E-state index is 6.20. The van der Waals surface area contributed by atoms with Gasteiger partial charge in [-0.2, -0.15) is 0 Å². The highest BCUT2D eigenvalue weighted by molar-refractivity contribution is 6.33. The minimum atomic E-state index is 0.358. The van der Waals surface area contributed by atoms with E-state index in [1.807, 2.05) is 40.9 Å². The molecule has 0 unspecified atom stereocenters. The molecule has 0 aliphatic carbocycles. The molecule has 4 nitrogen and oxygen atoms in total. The number of halogens is 1. The maximum Gasteiger partial charge on any atom is 0.164 e. The van der Waals surface area contributed by atoms with Gasteiger partial charge >= 0.3 is 0 Å². The van der Waals surface area contributed by atoms with E-state index in [0.29, 0.717) is 11.6 Å². The third kappa shape index (κ3) is 1.66. The Morgan fingerprint density at radius 1 is 1.22 bits per heavy atom. The molecular formula is C13H11ClN4. The quantitative estimate of drug-likeness (QED) is 0.768. The van der Waals surface area contributed by atoms with E-state index < -0.39 is 0 Å². The molecule has 0 atom stereocenters. The van der Waals surface area contributed by atoms with Gasteiger partial charge in [-0.1, -0.05) is 29.8 Å². The van der Waals surface area contributed by atoms with Crippen LogP contribution in [0.15, 0.2) is 42.7 Å². The van der Waals surface area contributed by atoms with Gasteiger partial charge in [-0.05, 0) is 12.1 Å². The van der Waals surface area contributed by atoms with Gasteiger partial charge in [0.05, 0.1) is 11.6 Å². The zero-order chi connectivity index (χ0) is 12.5. The molecule has 0 saturated heterocycles. The Morgan fingerprint density at radius 3 is 2.83 bits per heavy atom. The monoisotopic (exact) mass is 258 g/mol. The first-order valence-corrected chi connectivity index (χ1v) is 5.96. The first-order chi connectivity index (χ1) is 8.81. The van der Waals surface area contributed by atoms with Crippen LogP contribution in [0.3, 0.4) is 0 Å². The van der Waals surface area contributed by atoms with Crippen molar-refractivity contribution in [2.75, 3.05) is 0 Å². The van der Waals surface area contributed by atoms with Gasteiger partial charge in [-0.3, -0.25) is 4.40 Å².